The topological polar surface area (TPSA) is 43.6 Å². The molecule has 0 bridgehead atoms. The van der Waals surface area contributed by atoms with Crippen molar-refractivity contribution in [1.82, 2.24) is 19.5 Å². The molecule has 0 aliphatic carbocycles. The lowest BCUT2D eigenvalue weighted by molar-refractivity contribution is 1.07. The molecular weight excluding hydrogens is 669 g/mol. The van der Waals surface area contributed by atoms with Crippen LogP contribution in [0.1, 0.15) is 0 Å². The molecule has 0 radical (unpaired) electrons. The summed E-state index contributed by atoms with van der Waals surface area (Å²) in [6.07, 6.45) is 0. The van der Waals surface area contributed by atoms with E-state index in [1.54, 1.807) is 0 Å². The molecule has 4 heteroatoms. The van der Waals surface area contributed by atoms with Gasteiger partial charge in [0, 0.05) is 33.2 Å². The van der Waals surface area contributed by atoms with Gasteiger partial charge in [0.15, 0.2) is 17.5 Å². The number of rotatable bonds is 5. The van der Waals surface area contributed by atoms with Gasteiger partial charge in [-0.1, -0.05) is 158 Å². The van der Waals surface area contributed by atoms with Crippen molar-refractivity contribution in [3.8, 4) is 51.0 Å². The van der Waals surface area contributed by atoms with Gasteiger partial charge in [-0.25, -0.2) is 15.0 Å². The number of para-hydroxylation sites is 2. The fourth-order valence-corrected chi connectivity index (χ4v) is 8.39. The third kappa shape index (κ3) is 5.03. The summed E-state index contributed by atoms with van der Waals surface area (Å²) < 4.78 is 2.38. The fourth-order valence-electron chi connectivity index (χ4n) is 8.39. The number of nitrogens with zero attached hydrogens (tertiary/aromatic N) is 4. The summed E-state index contributed by atoms with van der Waals surface area (Å²) in [6.45, 7) is 0. The molecule has 0 unspecified atom stereocenters. The Labute approximate surface area is 317 Å². The lowest BCUT2D eigenvalue weighted by Crippen LogP contribution is -2.01. The number of hydrogen-bond donors (Lipinski definition) is 0. The van der Waals surface area contributed by atoms with Gasteiger partial charge in [0.25, 0.3) is 0 Å². The number of benzene rings is 9. The lowest BCUT2D eigenvalue weighted by Gasteiger charge is -2.17. The van der Waals surface area contributed by atoms with Crippen molar-refractivity contribution < 1.29 is 0 Å². The Morgan fingerprint density at radius 2 is 0.727 bits per heavy atom. The van der Waals surface area contributed by atoms with E-state index in [0.717, 1.165) is 49.9 Å². The summed E-state index contributed by atoms with van der Waals surface area (Å²) in [5.74, 6) is 1.90. The quantitative estimate of drug-likeness (QED) is 0.168. The lowest BCUT2D eigenvalue weighted by atomic mass is 9.88. The molecule has 2 aromatic heterocycles. The Morgan fingerprint density at radius 3 is 1.31 bits per heavy atom. The van der Waals surface area contributed by atoms with Crippen molar-refractivity contribution >= 4 is 54.1 Å². The fraction of sp³-hybridized carbons (Fsp3) is 0. The molecular formula is C51H32N4. The molecule has 0 saturated heterocycles. The summed E-state index contributed by atoms with van der Waals surface area (Å²) in [5, 5.41) is 9.61. The van der Waals surface area contributed by atoms with Crippen LogP contribution in [0.15, 0.2) is 194 Å². The summed E-state index contributed by atoms with van der Waals surface area (Å²) in [6, 6.07) is 68.7. The van der Waals surface area contributed by atoms with Gasteiger partial charge in [0.2, 0.25) is 0 Å². The highest BCUT2D eigenvalue weighted by molar-refractivity contribution is 6.27. The van der Waals surface area contributed by atoms with E-state index >= 15 is 0 Å². The minimum absolute atomic E-state index is 0.630. The van der Waals surface area contributed by atoms with Crippen LogP contribution in [-0.2, 0) is 0 Å². The van der Waals surface area contributed by atoms with Crippen LogP contribution < -0.4 is 0 Å². The van der Waals surface area contributed by atoms with Crippen LogP contribution in [0.25, 0.3) is 105 Å². The van der Waals surface area contributed by atoms with E-state index in [9.17, 15) is 0 Å². The molecule has 0 fully saturated rings. The highest BCUT2D eigenvalue weighted by Gasteiger charge is 2.22. The Kier molecular flexibility index (Phi) is 7.14. The van der Waals surface area contributed by atoms with Crippen LogP contribution in [0, 0.1) is 0 Å². The van der Waals surface area contributed by atoms with Crippen molar-refractivity contribution in [2.45, 2.75) is 0 Å². The smallest absolute Gasteiger partial charge is 0.164 e. The molecule has 11 aromatic rings. The van der Waals surface area contributed by atoms with Gasteiger partial charge in [-0.05, 0) is 79.8 Å². The maximum atomic E-state index is 5.30. The molecule has 55 heavy (non-hydrogen) atoms. The molecule has 256 valence electrons. The van der Waals surface area contributed by atoms with Gasteiger partial charge in [-0.2, -0.15) is 0 Å². The van der Waals surface area contributed by atoms with E-state index in [1.165, 1.54) is 37.7 Å². The number of aromatic nitrogens is 4. The molecule has 11 rings (SSSR count). The molecule has 0 saturated carbocycles. The first kappa shape index (κ1) is 31.1. The van der Waals surface area contributed by atoms with Crippen LogP contribution in [-0.4, -0.2) is 19.5 Å². The maximum absolute atomic E-state index is 5.30. The maximum Gasteiger partial charge on any atom is 0.164 e. The first-order valence-electron chi connectivity index (χ1n) is 18.6. The second-order valence-electron chi connectivity index (χ2n) is 14.0. The summed E-state index contributed by atoms with van der Waals surface area (Å²) in [5.41, 5.74) is 8.45. The third-order valence-electron chi connectivity index (χ3n) is 10.8. The zero-order chi connectivity index (χ0) is 36.3. The molecule has 0 spiro atoms. The van der Waals surface area contributed by atoms with Crippen molar-refractivity contribution in [1.29, 1.82) is 0 Å². The second kappa shape index (κ2) is 12.6. The normalized spacial score (nSPS) is 11.6. The van der Waals surface area contributed by atoms with Crippen molar-refractivity contribution in [2.24, 2.45) is 0 Å². The number of hydrogen-bond acceptors (Lipinski definition) is 3. The molecule has 9 aromatic carbocycles. The zero-order valence-electron chi connectivity index (χ0n) is 29.8. The van der Waals surface area contributed by atoms with E-state index in [4.69, 9.17) is 15.0 Å². The highest BCUT2D eigenvalue weighted by atomic mass is 15.0. The minimum Gasteiger partial charge on any atom is -0.309 e. The van der Waals surface area contributed by atoms with Crippen LogP contribution in [0.2, 0.25) is 0 Å². The van der Waals surface area contributed by atoms with Gasteiger partial charge >= 0.3 is 0 Å². The standard InChI is InChI=1S/C51H32N4/c1-4-17-33(18-5-1)49-52-50(34-19-6-2-7-20-34)54-51(53-49)45-32-43-39-26-13-11-24-37(39)36-23-10-12-25-38(36)42(43)31-44(45)40-28-16-30-47-48(40)41-27-14-15-29-46(41)55(47)35-21-8-3-9-22-35/h1-32H. The molecule has 4 nitrogen and oxygen atoms in total. The molecule has 0 amide bonds. The monoisotopic (exact) mass is 700 g/mol. The summed E-state index contributed by atoms with van der Waals surface area (Å²) >= 11 is 0. The van der Waals surface area contributed by atoms with Crippen LogP contribution in [0.5, 0.6) is 0 Å². The number of fused-ring (bicyclic) bond motifs is 9. The van der Waals surface area contributed by atoms with E-state index in [-0.39, 0.29) is 0 Å². The van der Waals surface area contributed by atoms with Crippen molar-refractivity contribution in [3.05, 3.63) is 194 Å². The molecule has 0 atom stereocenters. The Hall–Kier alpha value is -7.43. The molecule has 0 aliphatic rings. The van der Waals surface area contributed by atoms with Gasteiger partial charge < -0.3 is 4.57 Å². The average molecular weight is 701 g/mol. The Bertz CT molecular complexity index is 3180. The van der Waals surface area contributed by atoms with Crippen molar-refractivity contribution in [3.63, 3.8) is 0 Å². The van der Waals surface area contributed by atoms with E-state index in [0.29, 0.717) is 17.5 Å². The largest absolute Gasteiger partial charge is 0.309 e. The minimum atomic E-state index is 0.630. The Morgan fingerprint density at radius 1 is 0.291 bits per heavy atom. The zero-order valence-corrected chi connectivity index (χ0v) is 29.8. The first-order chi connectivity index (χ1) is 27.3. The van der Waals surface area contributed by atoms with Crippen LogP contribution in [0.3, 0.4) is 0 Å². The first-order valence-corrected chi connectivity index (χ1v) is 18.6. The molecule has 0 aliphatic heterocycles. The van der Waals surface area contributed by atoms with E-state index in [1.807, 2.05) is 36.4 Å². The van der Waals surface area contributed by atoms with Gasteiger partial charge in [-0.15, -0.1) is 0 Å². The Balaban J connectivity index is 1.31. The molecule has 2 heterocycles. The van der Waals surface area contributed by atoms with E-state index < -0.39 is 0 Å². The van der Waals surface area contributed by atoms with Gasteiger partial charge in [-0.3, -0.25) is 0 Å². The van der Waals surface area contributed by atoms with Gasteiger partial charge in [0.1, 0.15) is 0 Å². The van der Waals surface area contributed by atoms with Crippen LogP contribution >= 0.6 is 0 Å². The van der Waals surface area contributed by atoms with Crippen molar-refractivity contribution in [2.75, 3.05) is 0 Å². The predicted octanol–water partition coefficient (Wildman–Crippen LogP) is 13.1. The molecule has 0 N–H and O–H groups in total. The predicted molar refractivity (Wildman–Crippen MR) is 228 cm³/mol. The van der Waals surface area contributed by atoms with Crippen LogP contribution in [0.4, 0.5) is 0 Å². The van der Waals surface area contributed by atoms with Gasteiger partial charge in [0.05, 0.1) is 11.0 Å². The highest BCUT2D eigenvalue weighted by Crippen LogP contribution is 2.45. The summed E-state index contributed by atoms with van der Waals surface area (Å²) in [4.78, 5) is 15.7. The third-order valence-corrected chi connectivity index (χ3v) is 10.8. The summed E-state index contributed by atoms with van der Waals surface area (Å²) in [7, 11) is 0. The second-order valence-corrected chi connectivity index (χ2v) is 14.0. The SMILES string of the molecule is c1ccc(-c2nc(-c3ccccc3)nc(-c3cc4c5ccccc5c5ccccc5c4cc3-c3cccc4c3c3ccccc3n4-c3ccccc3)n2)cc1. The average Bonchev–Trinajstić information content (AvgIpc) is 3.61. The van der Waals surface area contributed by atoms with E-state index in [2.05, 4.69) is 162 Å².